The summed E-state index contributed by atoms with van der Waals surface area (Å²) in [6, 6.07) is 2.25. The van der Waals surface area contributed by atoms with Crippen LogP contribution in [0.25, 0.3) is 11.2 Å². The van der Waals surface area contributed by atoms with Gasteiger partial charge in [-0.3, -0.25) is 0 Å². The summed E-state index contributed by atoms with van der Waals surface area (Å²) in [5, 5.41) is -0.775. The van der Waals surface area contributed by atoms with Crippen LogP contribution in [-0.2, 0) is 10.0 Å². The number of anilines is 1. The van der Waals surface area contributed by atoms with Crippen LogP contribution in [0.3, 0.4) is 0 Å². The molecule has 0 aliphatic carbocycles. The second-order valence-electron chi connectivity index (χ2n) is 3.84. The van der Waals surface area contributed by atoms with Crippen molar-refractivity contribution in [1.29, 1.82) is 0 Å². The lowest BCUT2D eigenvalue weighted by molar-refractivity contribution is 0.556. The van der Waals surface area contributed by atoms with Crippen LogP contribution in [0, 0.1) is 5.82 Å². The Morgan fingerprint density at radius 2 is 2.10 bits per heavy atom. The second-order valence-corrected chi connectivity index (χ2v) is 5.79. The number of pyridine rings is 1. The number of H-pyrrole nitrogens is 1. The first-order valence-electron chi connectivity index (χ1n) is 5.47. The molecule has 0 aliphatic rings. The van der Waals surface area contributed by atoms with Crippen molar-refractivity contribution in [2.24, 2.45) is 0 Å². The van der Waals surface area contributed by atoms with E-state index < -0.39 is 20.9 Å². The first-order chi connectivity index (χ1) is 9.97. The average Bonchev–Trinajstić information content (AvgIpc) is 2.87. The zero-order valence-corrected chi connectivity index (χ0v) is 11.7. The number of hydrogen-bond acceptors (Lipinski definition) is 6. The van der Waals surface area contributed by atoms with Crippen molar-refractivity contribution in [3.8, 4) is 0 Å². The van der Waals surface area contributed by atoms with E-state index in [-0.39, 0.29) is 16.7 Å². The number of rotatable bonds is 3. The maximum absolute atomic E-state index is 13.5. The average molecular weight is 329 g/mol. The standard InChI is InChI=1S/C10H6ClFN6O2S/c11-7-6-8(15-4-14-6)17-10(16-7)18-21(19,20)9-5(12)2-1-3-13-9/h1-4H,(H2,14,15,16,17,18). The summed E-state index contributed by atoms with van der Waals surface area (Å²) in [5.74, 6) is -1.32. The number of aromatic amines is 1. The summed E-state index contributed by atoms with van der Waals surface area (Å²) in [6.45, 7) is 0. The van der Waals surface area contributed by atoms with Gasteiger partial charge < -0.3 is 4.98 Å². The van der Waals surface area contributed by atoms with Crippen molar-refractivity contribution in [1.82, 2.24) is 24.9 Å². The summed E-state index contributed by atoms with van der Waals surface area (Å²) >= 11 is 5.86. The molecule has 3 rings (SSSR count). The van der Waals surface area contributed by atoms with Crippen molar-refractivity contribution in [3.05, 3.63) is 35.6 Å². The fourth-order valence-corrected chi connectivity index (χ4v) is 2.75. The van der Waals surface area contributed by atoms with Crippen LogP contribution in [-0.4, -0.2) is 33.3 Å². The molecular formula is C10H6ClFN6O2S. The van der Waals surface area contributed by atoms with Crippen LogP contribution in [0.1, 0.15) is 0 Å². The lowest BCUT2D eigenvalue weighted by Crippen LogP contribution is -2.18. The maximum Gasteiger partial charge on any atom is 0.284 e. The van der Waals surface area contributed by atoms with Gasteiger partial charge in [-0.05, 0) is 12.1 Å². The number of imidazole rings is 1. The number of nitrogens with one attached hydrogen (secondary N) is 2. The second kappa shape index (κ2) is 4.90. The highest BCUT2D eigenvalue weighted by Crippen LogP contribution is 2.20. The molecule has 0 saturated carbocycles. The highest BCUT2D eigenvalue weighted by atomic mass is 35.5. The highest BCUT2D eigenvalue weighted by Gasteiger charge is 2.22. The zero-order chi connectivity index (χ0) is 15.0. The molecule has 3 aromatic heterocycles. The molecule has 0 atom stereocenters. The SMILES string of the molecule is O=S(=O)(Nc1nc(Cl)c2[nH]cnc2n1)c1ncccc1F. The van der Waals surface area contributed by atoms with Crippen LogP contribution in [0.2, 0.25) is 5.15 Å². The Balaban J connectivity index is 2.03. The van der Waals surface area contributed by atoms with Crippen LogP contribution in [0.15, 0.2) is 29.7 Å². The molecule has 0 fully saturated rings. The van der Waals surface area contributed by atoms with Crippen LogP contribution in [0.4, 0.5) is 10.3 Å². The molecule has 0 unspecified atom stereocenters. The quantitative estimate of drug-likeness (QED) is 0.701. The maximum atomic E-state index is 13.5. The molecule has 3 aromatic rings. The first-order valence-corrected chi connectivity index (χ1v) is 7.33. The van der Waals surface area contributed by atoms with Gasteiger partial charge in [0.15, 0.2) is 16.6 Å². The molecule has 11 heteroatoms. The summed E-state index contributed by atoms with van der Waals surface area (Å²) in [6.07, 6.45) is 2.49. The van der Waals surface area contributed by atoms with Gasteiger partial charge in [0.05, 0.1) is 6.33 Å². The minimum Gasteiger partial charge on any atom is -0.341 e. The zero-order valence-electron chi connectivity index (χ0n) is 10.1. The molecular weight excluding hydrogens is 323 g/mol. The van der Waals surface area contributed by atoms with Gasteiger partial charge >= 0.3 is 0 Å². The van der Waals surface area contributed by atoms with Crippen LogP contribution in [0.5, 0.6) is 0 Å². The Kier molecular flexibility index (Phi) is 3.18. The predicted octanol–water partition coefficient (Wildman–Crippen LogP) is 1.34. The molecule has 0 spiro atoms. The van der Waals surface area contributed by atoms with Gasteiger partial charge in [-0.25, -0.2) is 19.1 Å². The number of sulfonamides is 1. The number of halogens is 2. The molecule has 0 saturated heterocycles. The lowest BCUT2D eigenvalue weighted by Gasteiger charge is -2.06. The first kappa shape index (κ1) is 13.6. The Morgan fingerprint density at radius 1 is 1.29 bits per heavy atom. The van der Waals surface area contributed by atoms with Crippen molar-refractivity contribution in [2.75, 3.05) is 4.72 Å². The van der Waals surface area contributed by atoms with E-state index in [9.17, 15) is 12.8 Å². The van der Waals surface area contributed by atoms with Crippen molar-refractivity contribution >= 4 is 38.7 Å². The van der Waals surface area contributed by atoms with Gasteiger partial charge in [0, 0.05) is 6.20 Å². The van der Waals surface area contributed by atoms with Crippen molar-refractivity contribution < 1.29 is 12.8 Å². The van der Waals surface area contributed by atoms with Gasteiger partial charge in [-0.2, -0.15) is 18.4 Å². The Bertz CT molecular complexity index is 928. The van der Waals surface area contributed by atoms with E-state index >= 15 is 0 Å². The van der Waals surface area contributed by atoms with Gasteiger partial charge in [0.1, 0.15) is 5.52 Å². The Morgan fingerprint density at radius 3 is 2.86 bits per heavy atom. The Hall–Kier alpha value is -2.33. The monoisotopic (exact) mass is 328 g/mol. The third kappa shape index (κ3) is 2.50. The molecule has 0 radical (unpaired) electrons. The fraction of sp³-hybridized carbons (Fsp3) is 0. The largest absolute Gasteiger partial charge is 0.341 e. The van der Waals surface area contributed by atoms with Gasteiger partial charge in [0.2, 0.25) is 11.0 Å². The molecule has 0 amide bonds. The minimum atomic E-state index is -4.27. The Labute approximate surface area is 122 Å². The number of nitrogens with zero attached hydrogens (tertiary/aromatic N) is 4. The molecule has 8 nitrogen and oxygen atoms in total. The molecule has 0 bridgehead atoms. The van der Waals surface area contributed by atoms with E-state index in [4.69, 9.17) is 11.6 Å². The third-order valence-corrected chi connectivity index (χ3v) is 3.98. The lowest BCUT2D eigenvalue weighted by atomic mass is 10.5. The highest BCUT2D eigenvalue weighted by molar-refractivity contribution is 7.92. The van der Waals surface area contributed by atoms with E-state index in [2.05, 4.69) is 24.9 Å². The normalized spacial score (nSPS) is 11.7. The summed E-state index contributed by atoms with van der Waals surface area (Å²) in [4.78, 5) is 17.6. The summed E-state index contributed by atoms with van der Waals surface area (Å²) < 4.78 is 39.6. The molecule has 2 N–H and O–H groups in total. The summed E-state index contributed by atoms with van der Waals surface area (Å²) in [5.41, 5.74) is 0.540. The van der Waals surface area contributed by atoms with Crippen molar-refractivity contribution in [3.63, 3.8) is 0 Å². The van der Waals surface area contributed by atoms with Gasteiger partial charge in [-0.1, -0.05) is 11.6 Å². The predicted molar refractivity (Wildman–Crippen MR) is 71.7 cm³/mol. The molecule has 0 aliphatic heterocycles. The molecule has 21 heavy (non-hydrogen) atoms. The molecule has 108 valence electrons. The molecule has 0 aromatic carbocycles. The van der Waals surface area contributed by atoms with Gasteiger partial charge in [-0.15, -0.1) is 0 Å². The van der Waals surface area contributed by atoms with Crippen LogP contribution < -0.4 is 4.72 Å². The van der Waals surface area contributed by atoms with Gasteiger partial charge in [0.25, 0.3) is 10.0 Å². The summed E-state index contributed by atoms with van der Waals surface area (Å²) in [7, 11) is -4.27. The number of fused-ring (bicyclic) bond motifs is 1. The van der Waals surface area contributed by atoms with Crippen molar-refractivity contribution in [2.45, 2.75) is 5.03 Å². The number of aromatic nitrogens is 5. The van der Waals surface area contributed by atoms with Crippen LogP contribution >= 0.6 is 11.6 Å². The smallest absolute Gasteiger partial charge is 0.284 e. The fourth-order valence-electron chi connectivity index (χ4n) is 1.58. The van der Waals surface area contributed by atoms with E-state index in [0.29, 0.717) is 5.52 Å². The topological polar surface area (TPSA) is 114 Å². The molecule has 3 heterocycles. The minimum absolute atomic E-state index is 0.0170. The van der Waals surface area contributed by atoms with E-state index in [1.165, 1.54) is 12.4 Å². The van der Waals surface area contributed by atoms with E-state index in [1.807, 2.05) is 4.72 Å². The number of hydrogen-bond donors (Lipinski definition) is 2. The third-order valence-electron chi connectivity index (χ3n) is 2.45. The van der Waals surface area contributed by atoms with E-state index in [1.54, 1.807) is 0 Å². The van der Waals surface area contributed by atoms with E-state index in [0.717, 1.165) is 12.3 Å².